The Labute approximate surface area is 241 Å². The largest absolute Gasteiger partial charge is 0.444 e. The Kier molecular flexibility index (Phi) is 6.95. The maximum absolute atomic E-state index is 15.7. The zero-order chi connectivity index (χ0) is 29.3. The Bertz CT molecular complexity index is 1430. The molecule has 2 aromatic rings. The SMILES string of the molecule is Cc1c(N2CC[C@@H](C3(N(C)C4CCN(C(=O)OC(C)(C)C)CC4)CC3)C2)c(F)cn2c(=O)c(C=O)cc(C3CC3)c12. The van der Waals surface area contributed by atoms with Crippen LogP contribution in [-0.4, -0.2) is 77.0 Å². The van der Waals surface area contributed by atoms with E-state index in [2.05, 4.69) is 16.8 Å². The van der Waals surface area contributed by atoms with E-state index in [-0.39, 0.29) is 17.2 Å². The second-order valence-corrected chi connectivity index (χ2v) is 13.8. The number of amides is 1. The fourth-order valence-electron chi connectivity index (χ4n) is 7.55. The van der Waals surface area contributed by atoms with Gasteiger partial charge in [0.25, 0.3) is 5.56 Å². The zero-order valence-electron chi connectivity index (χ0n) is 25.0. The fraction of sp³-hybridized carbons (Fsp3) is 0.656. The molecule has 0 aromatic carbocycles. The fourth-order valence-corrected chi connectivity index (χ4v) is 7.55. The van der Waals surface area contributed by atoms with Gasteiger partial charge in [-0.25, -0.2) is 9.18 Å². The highest BCUT2D eigenvalue weighted by molar-refractivity contribution is 5.80. The van der Waals surface area contributed by atoms with E-state index >= 15 is 4.39 Å². The lowest BCUT2D eigenvalue weighted by Crippen LogP contribution is -2.52. The van der Waals surface area contributed by atoms with E-state index in [9.17, 15) is 14.4 Å². The van der Waals surface area contributed by atoms with Crippen molar-refractivity contribution in [1.29, 1.82) is 0 Å². The number of aldehydes is 1. The van der Waals surface area contributed by atoms with Crippen LogP contribution < -0.4 is 10.5 Å². The van der Waals surface area contributed by atoms with Crippen LogP contribution in [-0.2, 0) is 4.74 Å². The van der Waals surface area contributed by atoms with E-state index < -0.39 is 17.0 Å². The predicted molar refractivity (Wildman–Crippen MR) is 157 cm³/mol. The maximum Gasteiger partial charge on any atom is 0.410 e. The van der Waals surface area contributed by atoms with E-state index in [0.717, 1.165) is 74.7 Å². The van der Waals surface area contributed by atoms with Crippen molar-refractivity contribution in [3.8, 4) is 0 Å². The van der Waals surface area contributed by atoms with Gasteiger partial charge in [0.1, 0.15) is 5.60 Å². The quantitative estimate of drug-likeness (QED) is 0.452. The molecular weight excluding hydrogens is 523 g/mol. The average molecular weight is 567 g/mol. The standard InChI is InChI=1S/C32H43FN4O4/c1-20-27-25(21-6-7-21)16-22(19-38)29(39)37(27)18-26(33)28(20)36-13-8-23(17-36)32(11-12-32)34(5)24-9-14-35(15-10-24)30(40)41-31(2,3)4/h16,18-19,21,23-24H,6-15,17H2,1-5H3/t23-/m1/s1. The number of piperidine rings is 1. The van der Waals surface area contributed by atoms with Crippen molar-refractivity contribution < 1.29 is 18.7 Å². The first kappa shape index (κ1) is 28.2. The van der Waals surface area contributed by atoms with Crippen LogP contribution in [0.5, 0.6) is 0 Å². The molecule has 2 aromatic heterocycles. The average Bonchev–Trinajstić information content (AvgIpc) is 3.86. The minimum atomic E-state index is -0.492. The molecule has 41 heavy (non-hydrogen) atoms. The molecule has 8 nitrogen and oxygen atoms in total. The van der Waals surface area contributed by atoms with Gasteiger partial charge in [0.15, 0.2) is 12.1 Å². The summed E-state index contributed by atoms with van der Waals surface area (Å²) in [6.45, 7) is 10.6. The number of nitrogens with zero attached hydrogens (tertiary/aromatic N) is 4. The number of fused-ring (bicyclic) bond motifs is 1. The van der Waals surface area contributed by atoms with Gasteiger partial charge in [-0.3, -0.25) is 18.9 Å². The molecule has 6 rings (SSSR count). The molecule has 9 heteroatoms. The van der Waals surface area contributed by atoms with Crippen LogP contribution in [0.3, 0.4) is 0 Å². The van der Waals surface area contributed by atoms with Crippen LogP contribution in [0.2, 0.25) is 0 Å². The molecule has 2 aliphatic carbocycles. The van der Waals surface area contributed by atoms with E-state index in [1.54, 1.807) is 6.07 Å². The molecule has 0 spiro atoms. The molecule has 222 valence electrons. The summed E-state index contributed by atoms with van der Waals surface area (Å²) in [6.07, 6.45) is 8.83. The van der Waals surface area contributed by atoms with Gasteiger partial charge in [-0.2, -0.15) is 0 Å². The highest BCUT2D eigenvalue weighted by Crippen LogP contribution is 2.53. The molecule has 2 saturated heterocycles. The number of carbonyl (C=O) groups is 2. The number of pyridine rings is 2. The van der Waals surface area contributed by atoms with Gasteiger partial charge < -0.3 is 14.5 Å². The Morgan fingerprint density at radius 1 is 1.12 bits per heavy atom. The van der Waals surface area contributed by atoms with Gasteiger partial charge in [-0.05, 0) is 109 Å². The van der Waals surface area contributed by atoms with E-state index in [1.807, 2.05) is 32.6 Å². The van der Waals surface area contributed by atoms with E-state index in [4.69, 9.17) is 4.74 Å². The van der Waals surface area contributed by atoms with Crippen LogP contribution in [0.4, 0.5) is 14.9 Å². The predicted octanol–water partition coefficient (Wildman–Crippen LogP) is 5.13. The third kappa shape index (κ3) is 5.04. The Morgan fingerprint density at radius 2 is 1.80 bits per heavy atom. The van der Waals surface area contributed by atoms with Crippen molar-refractivity contribution in [2.75, 3.05) is 38.1 Å². The van der Waals surface area contributed by atoms with Crippen molar-refractivity contribution in [3.05, 3.63) is 45.1 Å². The number of likely N-dealkylation sites (tertiary alicyclic amines) is 1. The van der Waals surface area contributed by atoms with Gasteiger partial charge in [-0.15, -0.1) is 0 Å². The minimum Gasteiger partial charge on any atom is -0.444 e. The molecule has 4 aliphatic rings. The second kappa shape index (κ2) is 10.1. The summed E-state index contributed by atoms with van der Waals surface area (Å²) < 4.78 is 22.7. The number of anilines is 1. The smallest absolute Gasteiger partial charge is 0.410 e. The molecule has 2 saturated carbocycles. The van der Waals surface area contributed by atoms with Crippen LogP contribution >= 0.6 is 0 Å². The topological polar surface area (TPSA) is 74.6 Å². The van der Waals surface area contributed by atoms with Crippen LogP contribution in [0.15, 0.2) is 17.1 Å². The third-order valence-corrected chi connectivity index (χ3v) is 10.0. The highest BCUT2D eigenvalue weighted by atomic mass is 19.1. The lowest BCUT2D eigenvalue weighted by atomic mass is 9.91. The number of hydrogen-bond donors (Lipinski definition) is 0. The number of carbonyl (C=O) groups excluding carboxylic acids is 2. The van der Waals surface area contributed by atoms with Crippen molar-refractivity contribution in [3.63, 3.8) is 0 Å². The van der Waals surface area contributed by atoms with Gasteiger partial charge in [-0.1, -0.05) is 0 Å². The summed E-state index contributed by atoms with van der Waals surface area (Å²) in [5.74, 6) is 0.335. The molecule has 4 fully saturated rings. The van der Waals surface area contributed by atoms with Gasteiger partial charge in [0.2, 0.25) is 0 Å². The lowest BCUT2D eigenvalue weighted by molar-refractivity contribution is 0.00937. The van der Waals surface area contributed by atoms with Gasteiger partial charge >= 0.3 is 6.09 Å². The Balaban J connectivity index is 1.19. The van der Waals surface area contributed by atoms with Crippen molar-refractivity contribution in [2.45, 2.75) is 95.7 Å². The van der Waals surface area contributed by atoms with Crippen LogP contribution in [0.25, 0.3) is 5.52 Å². The number of rotatable bonds is 6. The molecule has 0 radical (unpaired) electrons. The number of halogens is 1. The molecule has 0 bridgehead atoms. The molecule has 0 unspecified atom stereocenters. The molecule has 1 amide bonds. The molecule has 2 aliphatic heterocycles. The Hall–Kier alpha value is -2.94. The maximum atomic E-state index is 15.7. The van der Waals surface area contributed by atoms with Gasteiger partial charge in [0, 0.05) is 37.8 Å². The summed E-state index contributed by atoms with van der Waals surface area (Å²) >= 11 is 0. The third-order valence-electron chi connectivity index (χ3n) is 10.0. The normalized spacial score (nSPS) is 23.0. The first-order valence-electron chi connectivity index (χ1n) is 15.2. The summed E-state index contributed by atoms with van der Waals surface area (Å²) in [7, 11) is 2.24. The number of hydrogen-bond acceptors (Lipinski definition) is 6. The highest BCUT2D eigenvalue weighted by Gasteiger charge is 2.55. The number of ether oxygens (including phenoxy) is 1. The summed E-state index contributed by atoms with van der Waals surface area (Å²) in [4.78, 5) is 43.7. The molecular formula is C32H43FN4O4. The second-order valence-electron chi connectivity index (χ2n) is 13.8. The Morgan fingerprint density at radius 3 is 2.39 bits per heavy atom. The van der Waals surface area contributed by atoms with E-state index in [0.29, 0.717) is 42.9 Å². The zero-order valence-corrected chi connectivity index (χ0v) is 25.0. The number of aryl methyl sites for hydroxylation is 1. The minimum absolute atomic E-state index is 0.0906. The van der Waals surface area contributed by atoms with Gasteiger partial charge in [0.05, 0.1) is 23.0 Å². The van der Waals surface area contributed by atoms with Crippen LogP contribution in [0, 0.1) is 18.7 Å². The monoisotopic (exact) mass is 566 g/mol. The first-order valence-corrected chi connectivity index (χ1v) is 15.2. The van der Waals surface area contributed by atoms with Crippen molar-refractivity contribution >= 4 is 23.6 Å². The van der Waals surface area contributed by atoms with Crippen molar-refractivity contribution in [1.82, 2.24) is 14.2 Å². The van der Waals surface area contributed by atoms with Crippen LogP contribution in [0.1, 0.15) is 93.1 Å². The number of aromatic nitrogens is 1. The van der Waals surface area contributed by atoms with Crippen molar-refractivity contribution in [2.24, 2.45) is 5.92 Å². The first-order chi connectivity index (χ1) is 19.4. The summed E-state index contributed by atoms with van der Waals surface area (Å²) in [5.41, 5.74) is 2.38. The van der Waals surface area contributed by atoms with E-state index in [1.165, 1.54) is 10.6 Å². The molecule has 0 N–H and O–H groups in total. The summed E-state index contributed by atoms with van der Waals surface area (Å²) in [6, 6.07) is 2.14. The summed E-state index contributed by atoms with van der Waals surface area (Å²) in [5, 5.41) is 0. The molecule has 1 atom stereocenters. The lowest BCUT2D eigenvalue weighted by Gasteiger charge is -2.43. The molecule has 4 heterocycles.